The zero-order valence-corrected chi connectivity index (χ0v) is 17.7. The molecular formula is C23H30N2O2S. The van der Waals surface area contributed by atoms with Crippen LogP contribution in [-0.2, 0) is 17.6 Å². The summed E-state index contributed by atoms with van der Waals surface area (Å²) in [5.74, 6) is 0.944. The van der Waals surface area contributed by atoms with Crippen molar-refractivity contribution < 1.29 is 9.53 Å². The number of carbonyl (C=O) groups excluding carboxylic acids is 1. The molecule has 1 aromatic heterocycles. The van der Waals surface area contributed by atoms with E-state index in [1.807, 2.05) is 6.07 Å². The smallest absolute Gasteiger partial charge is 0.221 e. The van der Waals surface area contributed by atoms with E-state index in [1.54, 1.807) is 25.4 Å². The maximum Gasteiger partial charge on any atom is 0.221 e. The molecule has 0 bridgehead atoms. The maximum atomic E-state index is 12.0. The minimum atomic E-state index is 0.0114. The Morgan fingerprint density at radius 3 is 2.61 bits per heavy atom. The van der Waals surface area contributed by atoms with Gasteiger partial charge >= 0.3 is 0 Å². The molecule has 2 aliphatic rings. The number of para-hydroxylation sites is 1. The maximum absolute atomic E-state index is 12.0. The first kappa shape index (κ1) is 19.5. The lowest BCUT2D eigenvalue weighted by Crippen LogP contribution is -2.35. The third-order valence-electron chi connectivity index (χ3n) is 5.96. The van der Waals surface area contributed by atoms with E-state index >= 15 is 0 Å². The van der Waals surface area contributed by atoms with E-state index in [0.717, 1.165) is 36.7 Å². The summed E-state index contributed by atoms with van der Waals surface area (Å²) in [6, 6.07) is 8.53. The highest BCUT2D eigenvalue weighted by Crippen LogP contribution is 2.47. The molecule has 2 aromatic rings. The molecule has 28 heavy (non-hydrogen) atoms. The summed E-state index contributed by atoms with van der Waals surface area (Å²) >= 11 is 1.79. The number of nitrogens with one attached hydrogen (secondary N) is 1. The number of hydrogen-bond donors (Lipinski definition) is 1. The molecule has 0 radical (unpaired) electrons. The van der Waals surface area contributed by atoms with E-state index < -0.39 is 0 Å². The second kappa shape index (κ2) is 8.66. The van der Waals surface area contributed by atoms with Crippen molar-refractivity contribution in [2.75, 3.05) is 25.5 Å². The quantitative estimate of drug-likeness (QED) is 0.755. The molecule has 1 amide bonds. The van der Waals surface area contributed by atoms with Gasteiger partial charge in [0.15, 0.2) is 0 Å². The van der Waals surface area contributed by atoms with Gasteiger partial charge in [0, 0.05) is 22.9 Å². The second-order valence-corrected chi connectivity index (χ2v) is 8.98. The molecule has 1 atom stereocenters. The predicted octanol–water partition coefficient (Wildman–Crippen LogP) is 5.17. The fourth-order valence-electron chi connectivity index (χ4n) is 4.74. The molecule has 5 heteroatoms. The van der Waals surface area contributed by atoms with E-state index in [-0.39, 0.29) is 11.9 Å². The molecule has 1 aliphatic carbocycles. The largest absolute Gasteiger partial charge is 0.496 e. The first-order valence-electron chi connectivity index (χ1n) is 10.5. The molecule has 0 saturated carbocycles. The summed E-state index contributed by atoms with van der Waals surface area (Å²) in [6.07, 6.45) is 8.48. The van der Waals surface area contributed by atoms with Crippen LogP contribution in [0.1, 0.15) is 66.6 Å². The van der Waals surface area contributed by atoms with Crippen molar-refractivity contribution in [2.45, 2.75) is 57.9 Å². The van der Waals surface area contributed by atoms with Crippen LogP contribution in [0.2, 0.25) is 0 Å². The van der Waals surface area contributed by atoms with Crippen molar-refractivity contribution in [3.05, 3.63) is 45.8 Å². The molecule has 1 aliphatic heterocycles. The van der Waals surface area contributed by atoms with Gasteiger partial charge in [-0.1, -0.05) is 24.6 Å². The number of carbonyl (C=O) groups is 1. The molecule has 1 fully saturated rings. The standard InChI is InChI=1S/C23H30N2O2S/c1-16(26)24-23-21(18-11-5-7-13-20(18)28-23)22(25-14-8-3-9-15-25)17-10-4-6-12-19(17)27-2/h4,6,10,12,22H,3,5,7-9,11,13-15H2,1-2H3,(H,24,26). The van der Waals surface area contributed by atoms with Gasteiger partial charge in [-0.15, -0.1) is 11.3 Å². The zero-order valence-electron chi connectivity index (χ0n) is 16.9. The highest BCUT2D eigenvalue weighted by atomic mass is 32.1. The van der Waals surface area contributed by atoms with Crippen LogP contribution >= 0.6 is 11.3 Å². The Morgan fingerprint density at radius 1 is 1.11 bits per heavy atom. The molecule has 1 aromatic carbocycles. The fourth-order valence-corrected chi connectivity index (χ4v) is 6.10. The molecule has 4 rings (SSSR count). The SMILES string of the molecule is COc1ccccc1C(c1c(NC(C)=O)sc2c1CCCC2)N1CCCCC1. The van der Waals surface area contributed by atoms with Crippen LogP contribution in [0.15, 0.2) is 24.3 Å². The fraction of sp³-hybridized carbons (Fsp3) is 0.522. The summed E-state index contributed by atoms with van der Waals surface area (Å²) in [5, 5.41) is 4.21. The number of ether oxygens (including phenoxy) is 1. The minimum absolute atomic E-state index is 0.0114. The van der Waals surface area contributed by atoms with Crippen molar-refractivity contribution in [2.24, 2.45) is 0 Å². The Morgan fingerprint density at radius 2 is 1.86 bits per heavy atom. The van der Waals surface area contributed by atoms with E-state index in [0.29, 0.717) is 0 Å². The van der Waals surface area contributed by atoms with Gasteiger partial charge in [0.25, 0.3) is 0 Å². The first-order valence-corrected chi connectivity index (χ1v) is 11.3. The summed E-state index contributed by atoms with van der Waals surface area (Å²) in [4.78, 5) is 16.1. The van der Waals surface area contributed by atoms with Crippen LogP contribution in [0.5, 0.6) is 5.75 Å². The van der Waals surface area contributed by atoms with Crippen LogP contribution in [0.25, 0.3) is 0 Å². The van der Waals surface area contributed by atoms with Crippen LogP contribution in [0.4, 0.5) is 5.00 Å². The van der Waals surface area contributed by atoms with Crippen LogP contribution in [0, 0.1) is 0 Å². The number of thiophene rings is 1. The lowest BCUT2D eigenvalue weighted by Gasteiger charge is -2.36. The van der Waals surface area contributed by atoms with Gasteiger partial charge in [-0.2, -0.15) is 0 Å². The van der Waals surface area contributed by atoms with Gasteiger partial charge in [0.1, 0.15) is 10.8 Å². The molecule has 4 nitrogen and oxygen atoms in total. The van der Waals surface area contributed by atoms with E-state index in [2.05, 4.69) is 28.4 Å². The molecule has 1 saturated heterocycles. The van der Waals surface area contributed by atoms with Crippen LogP contribution in [-0.4, -0.2) is 31.0 Å². The Hall–Kier alpha value is -1.85. The average molecular weight is 399 g/mol. The van der Waals surface area contributed by atoms with Crippen LogP contribution in [0.3, 0.4) is 0 Å². The highest BCUT2D eigenvalue weighted by Gasteiger charge is 2.33. The number of hydrogen-bond acceptors (Lipinski definition) is 4. The lowest BCUT2D eigenvalue weighted by atomic mass is 9.87. The molecule has 2 heterocycles. The van der Waals surface area contributed by atoms with Gasteiger partial charge in [-0.05, 0) is 63.2 Å². The second-order valence-electron chi connectivity index (χ2n) is 7.88. The summed E-state index contributed by atoms with van der Waals surface area (Å²) in [6.45, 7) is 3.79. The topological polar surface area (TPSA) is 41.6 Å². The highest BCUT2D eigenvalue weighted by molar-refractivity contribution is 7.16. The van der Waals surface area contributed by atoms with Crippen molar-refractivity contribution in [1.29, 1.82) is 0 Å². The Balaban J connectivity index is 1.89. The number of nitrogens with zero attached hydrogens (tertiary/aromatic N) is 1. The van der Waals surface area contributed by atoms with Gasteiger partial charge in [-0.25, -0.2) is 0 Å². The van der Waals surface area contributed by atoms with Gasteiger partial charge in [0.05, 0.1) is 13.2 Å². The van der Waals surface area contributed by atoms with Crippen molar-refractivity contribution in [1.82, 2.24) is 4.90 Å². The number of aryl methyl sites for hydroxylation is 1. The number of piperidine rings is 1. The molecule has 1 N–H and O–H groups in total. The minimum Gasteiger partial charge on any atom is -0.496 e. The van der Waals surface area contributed by atoms with E-state index in [4.69, 9.17) is 4.74 Å². The Bertz CT molecular complexity index is 839. The van der Waals surface area contributed by atoms with Crippen molar-refractivity contribution in [3.8, 4) is 5.75 Å². The third-order valence-corrected chi connectivity index (χ3v) is 7.19. The van der Waals surface area contributed by atoms with Crippen molar-refractivity contribution >= 4 is 22.2 Å². The van der Waals surface area contributed by atoms with Gasteiger partial charge < -0.3 is 10.1 Å². The first-order chi connectivity index (χ1) is 13.7. The number of rotatable bonds is 5. The Kier molecular flexibility index (Phi) is 6.02. The zero-order chi connectivity index (χ0) is 19.5. The number of anilines is 1. The molecule has 0 spiro atoms. The normalized spacial score (nSPS) is 18.4. The number of likely N-dealkylation sites (tertiary alicyclic amines) is 1. The summed E-state index contributed by atoms with van der Waals surface area (Å²) in [7, 11) is 1.75. The average Bonchev–Trinajstić information content (AvgIpc) is 3.07. The number of fused-ring (bicyclic) bond motifs is 1. The van der Waals surface area contributed by atoms with Crippen LogP contribution < -0.4 is 10.1 Å². The number of benzene rings is 1. The number of methoxy groups -OCH3 is 1. The molecule has 1 unspecified atom stereocenters. The molecular weight excluding hydrogens is 368 g/mol. The van der Waals surface area contributed by atoms with Gasteiger partial charge in [0.2, 0.25) is 5.91 Å². The predicted molar refractivity (Wildman–Crippen MR) is 116 cm³/mol. The van der Waals surface area contributed by atoms with Gasteiger partial charge in [-0.3, -0.25) is 9.69 Å². The summed E-state index contributed by atoms with van der Waals surface area (Å²) < 4.78 is 5.77. The summed E-state index contributed by atoms with van der Waals surface area (Å²) in [5.41, 5.74) is 4.01. The van der Waals surface area contributed by atoms with Crippen molar-refractivity contribution in [3.63, 3.8) is 0 Å². The molecule has 150 valence electrons. The third kappa shape index (κ3) is 3.83. The van der Waals surface area contributed by atoms with E-state index in [9.17, 15) is 4.79 Å². The lowest BCUT2D eigenvalue weighted by molar-refractivity contribution is -0.114. The monoisotopic (exact) mass is 398 g/mol. The van der Waals surface area contributed by atoms with E-state index in [1.165, 1.54) is 53.7 Å². The number of amides is 1. The Labute approximate surface area is 171 Å².